The van der Waals surface area contributed by atoms with Gasteiger partial charge in [-0.3, -0.25) is 0 Å². The second-order valence-corrected chi connectivity index (χ2v) is 6.28. The van der Waals surface area contributed by atoms with Crippen LogP contribution in [-0.2, 0) is 0 Å². The molecule has 0 aliphatic carbocycles. The Morgan fingerprint density at radius 2 is 1.18 bits per heavy atom. The van der Waals surface area contributed by atoms with Gasteiger partial charge in [0.1, 0.15) is 5.76 Å². The maximum atomic E-state index is 9.73. The van der Waals surface area contributed by atoms with Crippen molar-refractivity contribution in [3.63, 3.8) is 0 Å². The van der Waals surface area contributed by atoms with Gasteiger partial charge in [-0.15, -0.1) is 0 Å². The fourth-order valence-corrected chi connectivity index (χ4v) is 2.76. The molecule has 0 aliphatic heterocycles. The summed E-state index contributed by atoms with van der Waals surface area (Å²) in [5.74, 6) is 2.18. The molecule has 7 nitrogen and oxygen atoms in total. The highest BCUT2D eigenvalue weighted by Crippen LogP contribution is 2.40. The summed E-state index contributed by atoms with van der Waals surface area (Å²) < 4.78 is 26.0. The molecule has 1 heterocycles. The maximum Gasteiger partial charge on any atom is 0.200 e. The molecule has 8 heteroatoms. The van der Waals surface area contributed by atoms with E-state index in [1.165, 1.54) is 28.4 Å². The van der Waals surface area contributed by atoms with Gasteiger partial charge in [-0.05, 0) is 36.4 Å². The van der Waals surface area contributed by atoms with Crippen LogP contribution >= 0.6 is 15.9 Å². The number of hydrogen-bond acceptors (Lipinski definition) is 7. The first-order chi connectivity index (χ1) is 13.4. The van der Waals surface area contributed by atoms with Crippen LogP contribution in [0.4, 0.5) is 0 Å². The number of hydrogen-bond donors (Lipinski definition) is 2. The normalized spacial score (nSPS) is 9.89. The molecule has 3 aromatic rings. The third kappa shape index (κ3) is 4.83. The first kappa shape index (κ1) is 21.3. The number of ether oxygens (including phenoxy) is 4. The van der Waals surface area contributed by atoms with Crippen LogP contribution in [0.1, 0.15) is 0 Å². The van der Waals surface area contributed by atoms with Crippen molar-refractivity contribution in [1.29, 1.82) is 0 Å². The molecule has 0 amide bonds. The highest BCUT2D eigenvalue weighted by atomic mass is 79.9. The van der Waals surface area contributed by atoms with Crippen LogP contribution in [0.2, 0.25) is 0 Å². The zero-order chi connectivity index (χ0) is 20.7. The molecule has 1 aromatic heterocycles. The average molecular weight is 453 g/mol. The van der Waals surface area contributed by atoms with Crippen LogP contribution in [0.15, 0.2) is 51.6 Å². The highest BCUT2D eigenvalue weighted by Gasteiger charge is 2.13. The molecule has 2 N–H and O–H groups in total. The molecular formula is C20H21BrO7. The van der Waals surface area contributed by atoms with E-state index in [9.17, 15) is 10.2 Å². The Balaban J connectivity index is 0.000000209. The molecule has 3 rings (SSSR count). The average Bonchev–Trinajstić information content (AvgIpc) is 3.25. The summed E-state index contributed by atoms with van der Waals surface area (Å²) >= 11 is 3.26. The number of aromatic hydroxyl groups is 2. The number of rotatable bonds is 5. The molecule has 0 fully saturated rings. The van der Waals surface area contributed by atoms with Crippen molar-refractivity contribution >= 4 is 15.9 Å². The van der Waals surface area contributed by atoms with Gasteiger partial charge < -0.3 is 33.6 Å². The van der Waals surface area contributed by atoms with Crippen LogP contribution in [0.5, 0.6) is 34.5 Å². The van der Waals surface area contributed by atoms with E-state index >= 15 is 0 Å². The Hall–Kier alpha value is -3.00. The highest BCUT2D eigenvalue weighted by molar-refractivity contribution is 9.10. The lowest BCUT2D eigenvalue weighted by molar-refractivity contribution is 0.339. The Bertz CT molecular complexity index is 857. The molecule has 0 bridgehead atoms. The predicted octanol–water partition coefficient (Wildman–Crippen LogP) is 4.84. The van der Waals surface area contributed by atoms with E-state index in [1.807, 2.05) is 6.07 Å². The molecule has 0 saturated heterocycles. The lowest BCUT2D eigenvalue weighted by atomic mass is 10.1. The van der Waals surface area contributed by atoms with Gasteiger partial charge in [0.15, 0.2) is 23.0 Å². The SMILES string of the molecule is COc1cc(-c2ccco2)cc(OC)c1O.COc1cc(Br)cc(OC)c1O. The third-order valence-electron chi connectivity index (χ3n) is 3.73. The Labute approximate surface area is 171 Å². The number of benzene rings is 2. The minimum atomic E-state index is -0.0136. The van der Waals surface area contributed by atoms with Gasteiger partial charge in [-0.2, -0.15) is 0 Å². The first-order valence-corrected chi connectivity index (χ1v) is 8.83. The molecular weight excluding hydrogens is 432 g/mol. The summed E-state index contributed by atoms with van der Waals surface area (Å²) in [4.78, 5) is 0. The molecule has 0 spiro atoms. The number of furan rings is 1. The zero-order valence-electron chi connectivity index (χ0n) is 15.9. The topological polar surface area (TPSA) is 90.5 Å². The largest absolute Gasteiger partial charge is 0.502 e. The van der Waals surface area contributed by atoms with E-state index in [0.717, 1.165) is 10.0 Å². The van der Waals surface area contributed by atoms with Gasteiger partial charge in [0.25, 0.3) is 0 Å². The summed E-state index contributed by atoms with van der Waals surface area (Å²) in [5.41, 5.74) is 0.788. The molecule has 150 valence electrons. The van der Waals surface area contributed by atoms with E-state index < -0.39 is 0 Å². The van der Waals surface area contributed by atoms with Crippen LogP contribution in [0.3, 0.4) is 0 Å². The summed E-state index contributed by atoms with van der Waals surface area (Å²) in [6.07, 6.45) is 1.58. The standard InChI is InChI=1S/C12H12O4.C8H9BrO3/c1-14-10-6-8(9-4-3-5-16-9)7-11(15-2)12(10)13;1-11-6-3-5(9)4-7(12-2)8(6)10/h3-7,13H,1-2H3;3-4,10H,1-2H3. The number of methoxy groups -OCH3 is 4. The van der Waals surface area contributed by atoms with Crippen molar-refractivity contribution in [3.8, 4) is 45.8 Å². The first-order valence-electron chi connectivity index (χ1n) is 8.04. The summed E-state index contributed by atoms with van der Waals surface area (Å²) in [6, 6.07) is 10.3. The van der Waals surface area contributed by atoms with Gasteiger partial charge >= 0.3 is 0 Å². The predicted molar refractivity (Wildman–Crippen MR) is 108 cm³/mol. The second-order valence-electron chi connectivity index (χ2n) is 5.37. The second kappa shape index (κ2) is 9.80. The van der Waals surface area contributed by atoms with Gasteiger partial charge in [0.2, 0.25) is 11.5 Å². The van der Waals surface area contributed by atoms with Crippen molar-refractivity contribution in [2.24, 2.45) is 0 Å². The fourth-order valence-electron chi connectivity index (χ4n) is 2.34. The summed E-state index contributed by atoms with van der Waals surface area (Å²) in [5, 5.41) is 19.2. The minimum Gasteiger partial charge on any atom is -0.502 e. The molecule has 0 unspecified atom stereocenters. The molecule has 2 aromatic carbocycles. The van der Waals surface area contributed by atoms with E-state index in [1.54, 1.807) is 36.6 Å². The van der Waals surface area contributed by atoms with Crippen molar-refractivity contribution < 1.29 is 33.6 Å². The van der Waals surface area contributed by atoms with E-state index in [0.29, 0.717) is 28.8 Å². The third-order valence-corrected chi connectivity index (χ3v) is 4.19. The number of phenolic OH excluding ortho intramolecular Hbond substituents is 2. The van der Waals surface area contributed by atoms with Gasteiger partial charge in [0.05, 0.1) is 34.7 Å². The monoisotopic (exact) mass is 452 g/mol. The zero-order valence-corrected chi connectivity index (χ0v) is 17.4. The van der Waals surface area contributed by atoms with Crippen LogP contribution in [0, 0.1) is 0 Å². The summed E-state index contributed by atoms with van der Waals surface area (Å²) in [7, 11) is 5.95. The molecule has 0 aliphatic rings. The Morgan fingerprint density at radius 1 is 0.750 bits per heavy atom. The van der Waals surface area contributed by atoms with Crippen LogP contribution in [-0.4, -0.2) is 38.7 Å². The molecule has 0 atom stereocenters. The van der Waals surface area contributed by atoms with Crippen molar-refractivity contribution in [3.05, 3.63) is 47.1 Å². The minimum absolute atomic E-state index is 0.0136. The van der Waals surface area contributed by atoms with Gasteiger partial charge in [-0.25, -0.2) is 0 Å². The van der Waals surface area contributed by atoms with E-state index in [-0.39, 0.29) is 11.5 Å². The molecule has 0 saturated carbocycles. The smallest absolute Gasteiger partial charge is 0.200 e. The van der Waals surface area contributed by atoms with E-state index in [4.69, 9.17) is 23.4 Å². The lowest BCUT2D eigenvalue weighted by Crippen LogP contribution is -1.90. The Morgan fingerprint density at radius 3 is 1.54 bits per heavy atom. The number of halogens is 1. The van der Waals surface area contributed by atoms with E-state index in [2.05, 4.69) is 15.9 Å². The van der Waals surface area contributed by atoms with Gasteiger partial charge in [-0.1, -0.05) is 15.9 Å². The molecule has 28 heavy (non-hydrogen) atoms. The van der Waals surface area contributed by atoms with Gasteiger partial charge in [0, 0.05) is 10.0 Å². The van der Waals surface area contributed by atoms with Crippen molar-refractivity contribution in [2.45, 2.75) is 0 Å². The fraction of sp³-hybridized carbons (Fsp3) is 0.200. The molecule has 0 radical (unpaired) electrons. The lowest BCUT2D eigenvalue weighted by Gasteiger charge is -2.09. The summed E-state index contributed by atoms with van der Waals surface area (Å²) in [6.45, 7) is 0. The maximum absolute atomic E-state index is 9.73. The Kier molecular flexibility index (Phi) is 7.45. The van der Waals surface area contributed by atoms with Crippen LogP contribution < -0.4 is 18.9 Å². The quantitative estimate of drug-likeness (QED) is 0.571. The van der Waals surface area contributed by atoms with Crippen molar-refractivity contribution in [2.75, 3.05) is 28.4 Å². The number of phenols is 2. The van der Waals surface area contributed by atoms with Crippen molar-refractivity contribution in [1.82, 2.24) is 0 Å². The van der Waals surface area contributed by atoms with Crippen LogP contribution in [0.25, 0.3) is 11.3 Å².